The van der Waals surface area contributed by atoms with Crippen LogP contribution in [0.1, 0.15) is 264 Å². The molecule has 0 aliphatic rings. The van der Waals surface area contributed by atoms with E-state index >= 15 is 0 Å². The van der Waals surface area contributed by atoms with Gasteiger partial charge in [-0.15, -0.1) is 0 Å². The van der Waals surface area contributed by atoms with Crippen LogP contribution < -0.4 is 0 Å². The number of rotatable bonds is 0. The molecule has 0 radical (unpaired) electrons. The van der Waals surface area contributed by atoms with Crippen molar-refractivity contribution >= 4 is 108 Å². The molecule has 0 bridgehead atoms. The highest BCUT2D eigenvalue weighted by Gasteiger charge is 2.26. The lowest BCUT2D eigenvalue weighted by Gasteiger charge is -2.20. The Hall–Kier alpha value is -14.0. The van der Waals surface area contributed by atoms with Gasteiger partial charge in [-0.1, -0.05) is 426 Å². The Balaban J connectivity index is 0.000000149. The summed E-state index contributed by atoms with van der Waals surface area (Å²) in [5, 5.41) is 34.7. The van der Waals surface area contributed by atoms with Crippen molar-refractivity contribution in [3.05, 3.63) is 398 Å². The highest BCUT2D eigenvalue weighted by molar-refractivity contribution is 5.90. The molecular formula is C126H146N14. The van der Waals surface area contributed by atoms with E-state index in [2.05, 4.69) is 454 Å². The molecule has 0 fully saturated rings. The van der Waals surface area contributed by atoms with E-state index in [9.17, 15) is 0 Å². The molecule has 10 heterocycles. The number of pyridine rings is 6. The maximum absolute atomic E-state index is 4.65. The molecule has 0 atom stereocenters. The number of para-hydroxylation sites is 5. The van der Waals surface area contributed by atoms with E-state index in [1.807, 2.05) is 159 Å². The van der Waals surface area contributed by atoms with Crippen molar-refractivity contribution in [1.29, 1.82) is 0 Å². The van der Waals surface area contributed by atoms with Crippen molar-refractivity contribution in [2.24, 2.45) is 0 Å². The Bertz CT molecular complexity index is 6390. The van der Waals surface area contributed by atoms with Crippen molar-refractivity contribution in [2.45, 2.75) is 262 Å². The van der Waals surface area contributed by atoms with Crippen LogP contribution in [0.2, 0.25) is 0 Å². The minimum atomic E-state index is 0.0179. The average Bonchev–Trinajstić information content (AvgIpc) is 0.804. The molecule has 20 aromatic rings. The third-order valence-corrected chi connectivity index (χ3v) is 23.5. The van der Waals surface area contributed by atoms with Gasteiger partial charge < -0.3 is 0 Å². The molecule has 20 rings (SSSR count). The first kappa shape index (κ1) is 106. The van der Waals surface area contributed by atoms with Crippen LogP contribution in [0.3, 0.4) is 0 Å². The molecule has 14 nitrogen and oxygen atoms in total. The fourth-order valence-electron chi connectivity index (χ4n) is 15.7. The Morgan fingerprint density at radius 2 is 0.586 bits per heavy atom. The summed E-state index contributed by atoms with van der Waals surface area (Å²) >= 11 is 0. The van der Waals surface area contributed by atoms with Crippen molar-refractivity contribution in [2.75, 3.05) is 0 Å². The molecule has 0 N–H and O–H groups in total. The maximum Gasteiger partial charge on any atom is 0.134 e. The van der Waals surface area contributed by atoms with Gasteiger partial charge in [0.05, 0.1) is 62.8 Å². The SMILES string of the molecule is CC(C)(C)c1cc2ccccc2cn1.CC(C)(C)c1ccc2ccccc2n1.CC(C)(C)c1ccnc2ccccc12.CC(C)(C)c1cnc2ccccc2c1.CC(C)(C)c1cncc2ccccc12.CC(C)(C)c1ncc2ccccc2n1.CC(C)(C)c1nccc2ccccc12.CC(C)(C)c1ncnc2ccccc12.CC(C)(C)c1nncc2ccccc12.CC(C)(C)c1nncc2ccccc12. The van der Waals surface area contributed by atoms with Crippen LogP contribution in [0.15, 0.2) is 341 Å². The quantitative estimate of drug-likeness (QED) is 0.140. The average molecular weight is 1860 g/mol. The van der Waals surface area contributed by atoms with Crippen LogP contribution in [-0.2, 0) is 54.1 Å². The third-order valence-electron chi connectivity index (χ3n) is 23.5. The van der Waals surface area contributed by atoms with Gasteiger partial charge in [-0.3, -0.25) is 29.9 Å². The number of nitrogens with zero attached hydrogens (tertiary/aromatic N) is 14. The van der Waals surface area contributed by atoms with Gasteiger partial charge in [0.1, 0.15) is 12.2 Å². The first-order valence-electron chi connectivity index (χ1n) is 48.8. The molecule has 10 aromatic heterocycles. The fraction of sp³-hybridized carbons (Fsp3) is 0.317. The predicted octanol–water partition coefficient (Wildman–Crippen LogP) is 32.9. The molecule has 0 saturated heterocycles. The highest BCUT2D eigenvalue weighted by Crippen LogP contribution is 2.36. The first-order chi connectivity index (χ1) is 65.8. The minimum Gasteiger partial charge on any atom is -0.264 e. The normalized spacial score (nSPS) is 11.9. The summed E-state index contributed by atoms with van der Waals surface area (Å²) in [6.07, 6.45) is 18.8. The third kappa shape index (κ3) is 29.6. The second kappa shape index (κ2) is 45.3. The second-order valence-corrected chi connectivity index (χ2v) is 45.9. The van der Waals surface area contributed by atoms with Crippen LogP contribution in [0, 0.1) is 0 Å². The summed E-state index contributed by atoms with van der Waals surface area (Å²) in [5.41, 5.74) is 17.0. The van der Waals surface area contributed by atoms with Gasteiger partial charge in [-0.2, -0.15) is 20.4 Å². The topological polar surface area (TPSA) is 180 Å². The number of fused-ring (bicyclic) bond motifs is 10. The van der Waals surface area contributed by atoms with Crippen molar-refractivity contribution < 1.29 is 0 Å². The molecule has 0 aliphatic heterocycles. The first-order valence-corrected chi connectivity index (χ1v) is 48.8. The Morgan fingerprint density at radius 3 is 1.09 bits per heavy atom. The van der Waals surface area contributed by atoms with Crippen LogP contribution in [0.5, 0.6) is 0 Å². The molecule has 720 valence electrons. The molecule has 0 amide bonds. The zero-order valence-corrected chi connectivity index (χ0v) is 88.6. The standard InChI is InChI=1S/6C13H15N.4C12H14N2/c1-13(2,3)11-8-10-6-4-5-7-12(10)14-9-11;1-13(2,3)12-9-14-8-10-6-4-5-7-11(10)12;1-13(2,3)12-8-10-6-4-5-7-11(10)9-14-12;1-13(2,3)11-8-9-14-12-7-5-4-6-10(11)12;1-13(2,3)12-11-7-5-4-6-10(11)8-9-14-12;1-13(2,3)12-9-8-10-6-4-5-7-11(10)14-12;1-12(2,3)11-9-6-4-5-7-10(9)13-8-14-11;1-12(2,3)11-13-8-9-6-4-5-7-10(9)14-11;2*1-12(2,3)11-10-7-5-4-6-9(10)8-13-14-11/h6*4-9H,1-3H3;4*4-8H,1-3H3. The van der Waals surface area contributed by atoms with E-state index < -0.39 is 0 Å². The summed E-state index contributed by atoms with van der Waals surface area (Å²) in [6, 6.07) is 95.4. The molecule has 140 heavy (non-hydrogen) atoms. The maximum atomic E-state index is 4.65. The van der Waals surface area contributed by atoms with E-state index in [4.69, 9.17) is 0 Å². The summed E-state index contributed by atoms with van der Waals surface area (Å²) in [4.78, 5) is 44.2. The van der Waals surface area contributed by atoms with E-state index in [1.54, 1.807) is 6.33 Å². The summed E-state index contributed by atoms with van der Waals surface area (Å²) in [6.45, 7) is 65.5. The number of hydrogen-bond donors (Lipinski definition) is 0. The zero-order chi connectivity index (χ0) is 102. The second-order valence-electron chi connectivity index (χ2n) is 45.9. The monoisotopic (exact) mass is 1860 g/mol. The lowest BCUT2D eigenvalue weighted by atomic mass is 9.85. The molecular weight excluding hydrogens is 1710 g/mol. The molecule has 0 spiro atoms. The van der Waals surface area contributed by atoms with Crippen LogP contribution >= 0.6 is 0 Å². The minimum absolute atomic E-state index is 0.0179. The van der Waals surface area contributed by atoms with Gasteiger partial charge in [0.15, 0.2) is 0 Å². The van der Waals surface area contributed by atoms with Crippen molar-refractivity contribution in [3.8, 4) is 0 Å². The summed E-state index contributed by atoms with van der Waals surface area (Å²) in [5.74, 6) is 0.899. The van der Waals surface area contributed by atoms with Gasteiger partial charge in [-0.25, -0.2) is 19.9 Å². The van der Waals surface area contributed by atoms with Gasteiger partial charge in [-0.05, 0) is 110 Å². The number of benzene rings is 10. The molecule has 0 saturated carbocycles. The van der Waals surface area contributed by atoms with Crippen molar-refractivity contribution in [3.63, 3.8) is 0 Å². The van der Waals surface area contributed by atoms with Gasteiger partial charge in [0.25, 0.3) is 0 Å². The molecule has 0 aliphatic carbocycles. The molecule has 0 unspecified atom stereocenters. The van der Waals surface area contributed by atoms with E-state index in [1.165, 1.54) is 81.6 Å². The van der Waals surface area contributed by atoms with Gasteiger partial charge >= 0.3 is 0 Å². The van der Waals surface area contributed by atoms with Crippen molar-refractivity contribution in [1.82, 2.24) is 70.2 Å². The van der Waals surface area contributed by atoms with Gasteiger partial charge in [0, 0.05) is 157 Å². The Morgan fingerprint density at radius 1 is 0.186 bits per heavy atom. The Kier molecular flexibility index (Phi) is 34.5. The fourth-order valence-corrected chi connectivity index (χ4v) is 15.7. The van der Waals surface area contributed by atoms with E-state index in [-0.39, 0.29) is 54.1 Å². The molecule has 14 heteroatoms. The highest BCUT2D eigenvalue weighted by atomic mass is 15.1. The smallest absolute Gasteiger partial charge is 0.134 e. The molecule has 10 aromatic carbocycles. The van der Waals surface area contributed by atoms with E-state index in [0.717, 1.165) is 83.4 Å². The number of aromatic nitrogens is 14. The summed E-state index contributed by atoms with van der Waals surface area (Å²) in [7, 11) is 0. The predicted molar refractivity (Wildman–Crippen MR) is 596 cm³/mol. The van der Waals surface area contributed by atoms with Crippen LogP contribution in [-0.4, -0.2) is 70.2 Å². The van der Waals surface area contributed by atoms with Crippen LogP contribution in [0.4, 0.5) is 0 Å². The van der Waals surface area contributed by atoms with Crippen LogP contribution in [0.25, 0.3) is 108 Å². The number of hydrogen-bond acceptors (Lipinski definition) is 14. The zero-order valence-electron chi connectivity index (χ0n) is 88.6. The Labute approximate surface area is 832 Å². The van der Waals surface area contributed by atoms with Gasteiger partial charge in [0.2, 0.25) is 0 Å². The lowest BCUT2D eigenvalue weighted by molar-refractivity contribution is 0.548. The lowest BCUT2D eigenvalue weighted by Crippen LogP contribution is -2.15. The van der Waals surface area contributed by atoms with E-state index in [0.29, 0.717) is 0 Å². The largest absolute Gasteiger partial charge is 0.264 e. The summed E-state index contributed by atoms with van der Waals surface area (Å²) < 4.78 is 0.